The van der Waals surface area contributed by atoms with Crippen molar-refractivity contribution in [3.05, 3.63) is 0 Å². The maximum Gasteiger partial charge on any atom is 0.223 e. The van der Waals surface area contributed by atoms with E-state index in [0.717, 1.165) is 32.4 Å². The highest BCUT2D eigenvalue weighted by Crippen LogP contribution is 2.44. The zero-order valence-electron chi connectivity index (χ0n) is 13.2. The van der Waals surface area contributed by atoms with Crippen molar-refractivity contribution in [3.8, 4) is 0 Å². The number of carbonyl (C=O) groups excluding carboxylic acids is 1. The molecular weight excluding hydrogens is 238 g/mol. The fourth-order valence-corrected chi connectivity index (χ4v) is 3.05. The minimum Gasteiger partial charge on any atom is -0.356 e. The molecule has 3 N–H and O–H groups in total. The number of nitrogens with two attached hydrogens (primary N) is 1. The molecule has 1 aliphatic rings. The van der Waals surface area contributed by atoms with Crippen LogP contribution in [-0.2, 0) is 4.79 Å². The summed E-state index contributed by atoms with van der Waals surface area (Å²) in [6.45, 7) is 8.32. The van der Waals surface area contributed by atoms with Crippen LogP contribution in [-0.4, -0.2) is 44.0 Å². The van der Waals surface area contributed by atoms with Crippen LogP contribution < -0.4 is 11.1 Å². The summed E-state index contributed by atoms with van der Waals surface area (Å²) in [5, 5.41) is 3.09. The number of rotatable bonds is 5. The molecule has 1 fully saturated rings. The molecule has 0 aliphatic heterocycles. The third-order valence-electron chi connectivity index (χ3n) is 4.90. The zero-order chi connectivity index (χ0) is 14.6. The molecule has 0 aromatic rings. The maximum absolute atomic E-state index is 12.3. The molecule has 0 spiro atoms. The highest BCUT2D eigenvalue weighted by atomic mass is 16.1. The van der Waals surface area contributed by atoms with Crippen molar-refractivity contribution in [3.63, 3.8) is 0 Å². The fraction of sp³-hybridized carbons (Fsp3) is 0.933. The van der Waals surface area contributed by atoms with Gasteiger partial charge >= 0.3 is 0 Å². The summed E-state index contributed by atoms with van der Waals surface area (Å²) < 4.78 is 0. The Balaban J connectivity index is 2.47. The Hall–Kier alpha value is -0.610. The molecule has 3 unspecified atom stereocenters. The minimum absolute atomic E-state index is 0.0106. The number of hydrogen-bond donors (Lipinski definition) is 2. The van der Waals surface area contributed by atoms with Crippen LogP contribution in [0.15, 0.2) is 0 Å². The van der Waals surface area contributed by atoms with E-state index in [1.54, 1.807) is 0 Å². The van der Waals surface area contributed by atoms with Gasteiger partial charge in [-0.05, 0) is 51.2 Å². The number of nitrogens with one attached hydrogen (secondary N) is 1. The Morgan fingerprint density at radius 1 is 1.37 bits per heavy atom. The van der Waals surface area contributed by atoms with E-state index in [9.17, 15) is 4.79 Å². The van der Waals surface area contributed by atoms with Gasteiger partial charge in [-0.25, -0.2) is 0 Å². The quantitative estimate of drug-likeness (QED) is 0.743. The second-order valence-electron chi connectivity index (χ2n) is 6.85. The summed E-state index contributed by atoms with van der Waals surface area (Å²) in [7, 11) is 4.10. The average Bonchev–Trinajstić information content (AvgIpc) is 2.31. The Labute approximate surface area is 118 Å². The van der Waals surface area contributed by atoms with Gasteiger partial charge in [0.2, 0.25) is 5.91 Å². The topological polar surface area (TPSA) is 58.4 Å². The molecule has 1 rings (SSSR count). The normalized spacial score (nSPS) is 30.4. The van der Waals surface area contributed by atoms with Crippen LogP contribution in [0.4, 0.5) is 0 Å². The number of nitrogens with zero attached hydrogens (tertiary/aromatic N) is 1. The van der Waals surface area contributed by atoms with Crippen LogP contribution in [0.1, 0.15) is 40.0 Å². The second kappa shape index (κ2) is 6.71. The zero-order valence-corrected chi connectivity index (χ0v) is 13.2. The number of hydrogen-bond acceptors (Lipinski definition) is 3. The Morgan fingerprint density at radius 3 is 2.58 bits per heavy atom. The second-order valence-corrected chi connectivity index (χ2v) is 6.85. The molecule has 1 aliphatic carbocycles. The van der Waals surface area contributed by atoms with Crippen molar-refractivity contribution < 1.29 is 4.79 Å². The first-order valence-electron chi connectivity index (χ1n) is 7.44. The molecule has 1 amide bonds. The molecule has 0 aromatic carbocycles. The van der Waals surface area contributed by atoms with E-state index >= 15 is 0 Å². The van der Waals surface area contributed by atoms with Crippen LogP contribution in [0.3, 0.4) is 0 Å². The monoisotopic (exact) mass is 269 g/mol. The van der Waals surface area contributed by atoms with Gasteiger partial charge in [-0.2, -0.15) is 0 Å². The molecule has 4 heteroatoms. The van der Waals surface area contributed by atoms with Crippen molar-refractivity contribution in [1.82, 2.24) is 10.2 Å². The van der Waals surface area contributed by atoms with Gasteiger partial charge in [-0.1, -0.05) is 20.8 Å². The molecule has 3 atom stereocenters. The number of carbonyl (C=O) groups is 1. The lowest BCUT2D eigenvalue weighted by atomic mass is 9.61. The van der Waals surface area contributed by atoms with Gasteiger partial charge in [0.1, 0.15) is 0 Å². The summed E-state index contributed by atoms with van der Waals surface area (Å²) in [6, 6.07) is 0.229. The molecule has 1 saturated carbocycles. The van der Waals surface area contributed by atoms with Crippen molar-refractivity contribution in [2.45, 2.75) is 46.1 Å². The first-order valence-corrected chi connectivity index (χ1v) is 7.44. The first-order chi connectivity index (χ1) is 8.76. The van der Waals surface area contributed by atoms with Crippen LogP contribution in [0, 0.1) is 17.3 Å². The average molecular weight is 269 g/mol. The Morgan fingerprint density at radius 2 is 2.00 bits per heavy atom. The summed E-state index contributed by atoms with van der Waals surface area (Å²) in [5.74, 6) is 0.697. The smallest absolute Gasteiger partial charge is 0.223 e. The van der Waals surface area contributed by atoms with Crippen molar-refractivity contribution >= 4 is 5.91 Å². The molecule has 4 nitrogen and oxygen atoms in total. The van der Waals surface area contributed by atoms with E-state index in [4.69, 9.17) is 5.73 Å². The van der Waals surface area contributed by atoms with Gasteiger partial charge in [0, 0.05) is 18.5 Å². The van der Waals surface area contributed by atoms with Gasteiger partial charge < -0.3 is 16.0 Å². The van der Waals surface area contributed by atoms with E-state index in [2.05, 4.69) is 45.1 Å². The van der Waals surface area contributed by atoms with E-state index < -0.39 is 0 Å². The van der Waals surface area contributed by atoms with E-state index in [1.165, 1.54) is 0 Å². The molecule has 0 radical (unpaired) electrons. The third-order valence-corrected chi connectivity index (χ3v) is 4.90. The van der Waals surface area contributed by atoms with E-state index in [-0.39, 0.29) is 23.3 Å². The molecule has 19 heavy (non-hydrogen) atoms. The van der Waals surface area contributed by atoms with Gasteiger partial charge in [-0.3, -0.25) is 4.79 Å². The highest BCUT2D eigenvalue weighted by molar-refractivity contribution is 5.79. The summed E-state index contributed by atoms with van der Waals surface area (Å²) in [5.41, 5.74) is 6.12. The molecule has 0 bridgehead atoms. The largest absolute Gasteiger partial charge is 0.356 e. The molecule has 0 aromatic heterocycles. The van der Waals surface area contributed by atoms with Gasteiger partial charge in [-0.15, -0.1) is 0 Å². The van der Waals surface area contributed by atoms with Crippen LogP contribution in [0.25, 0.3) is 0 Å². The predicted octanol–water partition coefficient (Wildman–Crippen LogP) is 1.45. The van der Waals surface area contributed by atoms with Crippen LogP contribution >= 0.6 is 0 Å². The molecule has 0 heterocycles. The molecular formula is C15H31N3O. The number of amides is 1. The van der Waals surface area contributed by atoms with Crippen LogP contribution in [0.5, 0.6) is 0 Å². The summed E-state index contributed by atoms with van der Waals surface area (Å²) >= 11 is 0. The molecule has 0 saturated heterocycles. The molecule has 112 valence electrons. The predicted molar refractivity (Wildman–Crippen MR) is 79.8 cm³/mol. The third kappa shape index (κ3) is 4.18. The van der Waals surface area contributed by atoms with Gasteiger partial charge in [0.15, 0.2) is 0 Å². The van der Waals surface area contributed by atoms with Crippen molar-refractivity contribution in [2.24, 2.45) is 23.0 Å². The highest BCUT2D eigenvalue weighted by Gasteiger charge is 2.44. The van der Waals surface area contributed by atoms with E-state index in [1.807, 2.05) is 0 Å². The summed E-state index contributed by atoms with van der Waals surface area (Å²) in [4.78, 5) is 14.5. The summed E-state index contributed by atoms with van der Waals surface area (Å²) in [6.07, 6.45) is 2.87. The lowest BCUT2D eigenvalue weighted by molar-refractivity contribution is -0.132. The van der Waals surface area contributed by atoms with Crippen molar-refractivity contribution in [1.29, 1.82) is 0 Å². The lowest BCUT2D eigenvalue weighted by Crippen LogP contribution is -2.51. The maximum atomic E-state index is 12.3. The minimum atomic E-state index is -0.0106. The standard InChI is InChI=1S/C15H31N3O/c1-11-13(16)8-7-12(15(11,2)3)14(19)17-9-6-10-18(4)5/h11-13H,6-10,16H2,1-5H3,(H,17,19). The fourth-order valence-electron chi connectivity index (χ4n) is 3.05. The van der Waals surface area contributed by atoms with Crippen LogP contribution in [0.2, 0.25) is 0 Å². The Bertz CT molecular complexity index is 302. The lowest BCUT2D eigenvalue weighted by Gasteiger charge is -2.46. The van der Waals surface area contributed by atoms with Gasteiger partial charge in [0.05, 0.1) is 0 Å². The SMILES string of the molecule is CC1C(N)CCC(C(=O)NCCCN(C)C)C1(C)C. The van der Waals surface area contributed by atoms with Gasteiger partial charge in [0.25, 0.3) is 0 Å². The Kier molecular flexibility index (Phi) is 5.81. The first kappa shape index (κ1) is 16.4. The van der Waals surface area contributed by atoms with Crippen molar-refractivity contribution in [2.75, 3.05) is 27.2 Å². The van der Waals surface area contributed by atoms with E-state index in [0.29, 0.717) is 5.92 Å².